The van der Waals surface area contributed by atoms with Gasteiger partial charge in [0.05, 0.1) is 16.5 Å². The van der Waals surface area contributed by atoms with Gasteiger partial charge in [0.1, 0.15) is 5.25 Å². The molecule has 18 heavy (non-hydrogen) atoms. The third-order valence-electron chi connectivity index (χ3n) is 3.16. The number of hydrogen-bond acceptors (Lipinski definition) is 4. The second kappa shape index (κ2) is 4.90. The minimum absolute atomic E-state index is 0.0894. The molecule has 0 amide bonds. The van der Waals surface area contributed by atoms with Crippen LogP contribution in [0, 0.1) is 0 Å². The number of Topliss-reactive ketones (excluding diaryl/α,β-unsaturated/α-hetero) is 1. The number of hydrogen-bond donors (Lipinski definition) is 1. The van der Waals surface area contributed by atoms with Gasteiger partial charge in [-0.05, 0) is 31.0 Å². The first-order chi connectivity index (χ1) is 8.42. The second-order valence-corrected chi connectivity index (χ2v) is 7.16. The zero-order valence-corrected chi connectivity index (χ0v) is 11.3. The maximum atomic E-state index is 12.2. The molecular weight excluding hydrogens is 274 g/mol. The standard InChI is InChI=1S/C12H14ClNO3S/c13-9-7-8(4-5-10(9)14)12(15)11-3-1-2-6-18(11,16)17/h4-5,7,11H,1-3,6,14H2. The third kappa shape index (κ3) is 2.52. The van der Waals surface area contributed by atoms with E-state index in [9.17, 15) is 13.2 Å². The van der Waals surface area contributed by atoms with Gasteiger partial charge in [0.25, 0.3) is 0 Å². The maximum Gasteiger partial charge on any atom is 0.181 e. The van der Waals surface area contributed by atoms with Crippen molar-refractivity contribution in [2.24, 2.45) is 0 Å². The summed E-state index contributed by atoms with van der Waals surface area (Å²) in [5.41, 5.74) is 6.24. The Bertz CT molecular complexity index is 583. The maximum absolute atomic E-state index is 12.2. The van der Waals surface area contributed by atoms with Crippen LogP contribution in [0.25, 0.3) is 0 Å². The normalized spacial score (nSPS) is 22.6. The molecule has 1 aromatic rings. The monoisotopic (exact) mass is 287 g/mol. The molecule has 1 aliphatic heterocycles. The van der Waals surface area contributed by atoms with Crippen LogP contribution in [0.2, 0.25) is 5.02 Å². The van der Waals surface area contributed by atoms with E-state index in [-0.39, 0.29) is 16.6 Å². The molecule has 0 saturated carbocycles. The molecular formula is C12H14ClNO3S. The van der Waals surface area contributed by atoms with Gasteiger partial charge in [-0.1, -0.05) is 18.0 Å². The number of anilines is 1. The third-order valence-corrected chi connectivity index (χ3v) is 5.66. The van der Waals surface area contributed by atoms with E-state index in [1.807, 2.05) is 0 Å². The van der Waals surface area contributed by atoms with Crippen LogP contribution in [0.4, 0.5) is 5.69 Å². The van der Waals surface area contributed by atoms with Crippen molar-refractivity contribution < 1.29 is 13.2 Å². The summed E-state index contributed by atoms with van der Waals surface area (Å²) in [5, 5.41) is -0.653. The van der Waals surface area contributed by atoms with E-state index in [2.05, 4.69) is 0 Å². The van der Waals surface area contributed by atoms with E-state index in [4.69, 9.17) is 17.3 Å². The number of nitrogens with two attached hydrogens (primary N) is 1. The zero-order chi connectivity index (χ0) is 13.3. The Hall–Kier alpha value is -1.07. The Kier molecular flexibility index (Phi) is 3.64. The molecule has 1 atom stereocenters. The SMILES string of the molecule is Nc1ccc(C(=O)C2CCCCS2(=O)=O)cc1Cl. The highest BCUT2D eigenvalue weighted by molar-refractivity contribution is 7.92. The number of benzene rings is 1. The van der Waals surface area contributed by atoms with Gasteiger partial charge in [0.2, 0.25) is 0 Å². The van der Waals surface area contributed by atoms with Gasteiger partial charge >= 0.3 is 0 Å². The molecule has 0 bridgehead atoms. The van der Waals surface area contributed by atoms with Crippen molar-refractivity contribution in [3.63, 3.8) is 0 Å². The van der Waals surface area contributed by atoms with Crippen molar-refractivity contribution in [2.45, 2.75) is 24.5 Å². The Labute approximate surface area is 111 Å². The van der Waals surface area contributed by atoms with Gasteiger partial charge in [0.15, 0.2) is 15.6 Å². The minimum atomic E-state index is -3.32. The number of halogens is 1. The van der Waals surface area contributed by atoms with Crippen LogP contribution in [0.3, 0.4) is 0 Å². The van der Waals surface area contributed by atoms with Gasteiger partial charge in [-0.15, -0.1) is 0 Å². The average molecular weight is 288 g/mol. The lowest BCUT2D eigenvalue weighted by Crippen LogP contribution is -2.35. The van der Waals surface area contributed by atoms with E-state index in [1.54, 1.807) is 0 Å². The Morgan fingerprint density at radius 1 is 1.33 bits per heavy atom. The molecule has 6 heteroatoms. The minimum Gasteiger partial charge on any atom is -0.398 e. The first-order valence-electron chi connectivity index (χ1n) is 5.72. The van der Waals surface area contributed by atoms with E-state index in [0.717, 1.165) is 6.42 Å². The average Bonchev–Trinajstić information content (AvgIpc) is 2.31. The van der Waals surface area contributed by atoms with E-state index in [0.29, 0.717) is 24.1 Å². The first-order valence-corrected chi connectivity index (χ1v) is 7.82. The Morgan fingerprint density at radius 3 is 2.67 bits per heavy atom. The molecule has 1 heterocycles. The number of carbonyl (C=O) groups excluding carboxylic acids is 1. The highest BCUT2D eigenvalue weighted by atomic mass is 35.5. The van der Waals surface area contributed by atoms with Crippen LogP contribution >= 0.6 is 11.6 Å². The molecule has 98 valence electrons. The summed E-state index contributed by atoms with van der Waals surface area (Å²) in [5.74, 6) is -0.289. The number of rotatable bonds is 2. The van der Waals surface area contributed by atoms with Gasteiger partial charge in [-0.25, -0.2) is 8.42 Å². The van der Waals surface area contributed by atoms with Crippen molar-refractivity contribution in [1.82, 2.24) is 0 Å². The summed E-state index contributed by atoms with van der Waals surface area (Å²) < 4.78 is 23.7. The molecule has 0 spiro atoms. The van der Waals surface area contributed by atoms with E-state index < -0.39 is 15.1 Å². The highest BCUT2D eigenvalue weighted by Gasteiger charge is 2.35. The lowest BCUT2D eigenvalue weighted by atomic mass is 10.0. The van der Waals surface area contributed by atoms with Crippen LogP contribution in [0.15, 0.2) is 18.2 Å². The summed E-state index contributed by atoms with van der Waals surface area (Å²) >= 11 is 5.84. The quantitative estimate of drug-likeness (QED) is 0.667. The predicted molar refractivity (Wildman–Crippen MR) is 71.6 cm³/mol. The van der Waals surface area contributed by atoms with Crippen molar-refractivity contribution in [3.8, 4) is 0 Å². The van der Waals surface area contributed by atoms with Gasteiger partial charge in [-0.3, -0.25) is 4.79 Å². The summed E-state index contributed by atoms with van der Waals surface area (Å²) in [6.07, 6.45) is 1.79. The topological polar surface area (TPSA) is 77.2 Å². The number of nitrogen functional groups attached to an aromatic ring is 1. The number of carbonyl (C=O) groups is 1. The predicted octanol–water partition coefficient (Wildman–Crippen LogP) is 2.07. The fraction of sp³-hybridized carbons (Fsp3) is 0.417. The Morgan fingerprint density at radius 2 is 2.06 bits per heavy atom. The second-order valence-electron chi connectivity index (χ2n) is 4.45. The number of sulfone groups is 1. The van der Waals surface area contributed by atoms with Crippen molar-refractivity contribution in [2.75, 3.05) is 11.5 Å². The zero-order valence-electron chi connectivity index (χ0n) is 9.73. The van der Waals surface area contributed by atoms with Crippen LogP contribution in [0.1, 0.15) is 29.6 Å². The molecule has 0 aliphatic carbocycles. The van der Waals surface area contributed by atoms with Gasteiger partial charge in [-0.2, -0.15) is 0 Å². The van der Waals surface area contributed by atoms with Crippen LogP contribution in [-0.2, 0) is 9.84 Å². The fourth-order valence-corrected chi connectivity index (χ4v) is 4.17. The van der Waals surface area contributed by atoms with Crippen LogP contribution < -0.4 is 5.73 Å². The van der Waals surface area contributed by atoms with E-state index in [1.165, 1.54) is 18.2 Å². The molecule has 0 radical (unpaired) electrons. The first kappa shape index (κ1) is 13.4. The smallest absolute Gasteiger partial charge is 0.181 e. The van der Waals surface area contributed by atoms with Crippen LogP contribution in [0.5, 0.6) is 0 Å². The summed E-state index contributed by atoms with van der Waals surface area (Å²) in [7, 11) is -3.32. The molecule has 1 aromatic carbocycles. The lowest BCUT2D eigenvalue weighted by molar-refractivity contribution is 0.0981. The highest BCUT2D eigenvalue weighted by Crippen LogP contribution is 2.26. The summed E-state index contributed by atoms with van der Waals surface area (Å²) in [4.78, 5) is 12.2. The van der Waals surface area contributed by atoms with Gasteiger partial charge < -0.3 is 5.73 Å². The van der Waals surface area contributed by atoms with Crippen molar-refractivity contribution >= 4 is 32.9 Å². The molecule has 1 fully saturated rings. The molecule has 2 N–H and O–H groups in total. The van der Waals surface area contributed by atoms with E-state index >= 15 is 0 Å². The van der Waals surface area contributed by atoms with Gasteiger partial charge in [0, 0.05) is 5.56 Å². The molecule has 1 aliphatic rings. The summed E-state index contributed by atoms with van der Waals surface area (Å²) in [6.45, 7) is 0. The molecule has 1 unspecified atom stereocenters. The molecule has 1 saturated heterocycles. The van der Waals surface area contributed by atoms with Crippen molar-refractivity contribution in [3.05, 3.63) is 28.8 Å². The fourth-order valence-electron chi connectivity index (χ4n) is 2.12. The lowest BCUT2D eigenvalue weighted by Gasteiger charge is -2.21. The molecule has 0 aromatic heterocycles. The van der Waals surface area contributed by atoms with Crippen LogP contribution in [-0.4, -0.2) is 25.2 Å². The summed E-state index contributed by atoms with van der Waals surface area (Å²) in [6, 6.07) is 4.47. The largest absolute Gasteiger partial charge is 0.398 e. The Balaban J connectivity index is 2.33. The van der Waals surface area contributed by atoms with Crippen molar-refractivity contribution in [1.29, 1.82) is 0 Å². The molecule has 2 rings (SSSR count). The molecule has 4 nitrogen and oxygen atoms in total. The number of ketones is 1.